The second-order valence-corrected chi connectivity index (χ2v) is 11.2. The zero-order valence-corrected chi connectivity index (χ0v) is 23.6. The Labute approximate surface area is 239 Å². The summed E-state index contributed by atoms with van der Waals surface area (Å²) in [6, 6.07) is 46.3. The molecular weight excluding hydrogens is 484 g/mol. The maximum absolute atomic E-state index is 3.55. The Morgan fingerprint density at radius 1 is 0.575 bits per heavy atom. The van der Waals surface area contributed by atoms with Gasteiger partial charge in [0.15, 0.2) is 0 Å². The van der Waals surface area contributed by atoms with Gasteiger partial charge in [0, 0.05) is 22.7 Å². The molecule has 40 heavy (non-hydrogen) atoms. The van der Waals surface area contributed by atoms with Crippen LogP contribution in [0.15, 0.2) is 127 Å². The van der Waals surface area contributed by atoms with Gasteiger partial charge in [0.1, 0.15) is 0 Å². The number of nitrogens with zero attached hydrogens (tertiary/aromatic N) is 1. The molecule has 2 heteroatoms. The fraction of sp³-hybridized carbons (Fsp3) is 0.211. The van der Waals surface area contributed by atoms with E-state index in [1.165, 1.54) is 58.5 Å². The maximum atomic E-state index is 3.55. The predicted octanol–water partition coefficient (Wildman–Crippen LogP) is 10.7. The molecular formula is C38H38N2. The number of rotatable bonds is 7. The fourth-order valence-electron chi connectivity index (χ4n) is 6.47. The van der Waals surface area contributed by atoms with Crippen LogP contribution in [0.2, 0.25) is 0 Å². The summed E-state index contributed by atoms with van der Waals surface area (Å²) in [4.78, 5) is 2.65. The first-order valence-electron chi connectivity index (χ1n) is 14.6. The molecule has 5 aromatic rings. The quantitative estimate of drug-likeness (QED) is 0.229. The van der Waals surface area contributed by atoms with E-state index in [4.69, 9.17) is 0 Å². The Morgan fingerprint density at radius 3 is 1.77 bits per heavy atom. The number of benzene rings is 5. The molecule has 0 bridgehead atoms. The van der Waals surface area contributed by atoms with Crippen molar-refractivity contribution in [1.82, 2.24) is 0 Å². The minimum absolute atomic E-state index is 0.0610. The number of para-hydroxylation sites is 2. The zero-order chi connectivity index (χ0) is 27.4. The second-order valence-electron chi connectivity index (χ2n) is 11.2. The van der Waals surface area contributed by atoms with E-state index in [9.17, 15) is 0 Å². The molecule has 1 saturated carbocycles. The van der Waals surface area contributed by atoms with Gasteiger partial charge in [0.2, 0.25) is 0 Å². The monoisotopic (exact) mass is 522 g/mol. The highest BCUT2D eigenvalue weighted by Crippen LogP contribution is 2.49. The third kappa shape index (κ3) is 5.14. The van der Waals surface area contributed by atoms with Gasteiger partial charge in [0.25, 0.3) is 0 Å². The van der Waals surface area contributed by atoms with Crippen molar-refractivity contribution in [3.8, 4) is 11.1 Å². The Balaban J connectivity index is 1.39. The SMILES string of the molecule is Cc1cc(-c2ccc(N(c3ccccc3)C3(c4ccccc4)CCCCC3)c(C)c2)ccc1Nc1ccccc1. The van der Waals surface area contributed by atoms with Crippen molar-refractivity contribution in [2.75, 3.05) is 10.2 Å². The highest BCUT2D eigenvalue weighted by molar-refractivity contribution is 5.76. The molecule has 0 spiro atoms. The molecule has 0 atom stereocenters. The van der Waals surface area contributed by atoms with Crippen LogP contribution in [-0.2, 0) is 5.54 Å². The first-order chi connectivity index (χ1) is 19.6. The van der Waals surface area contributed by atoms with Crippen LogP contribution in [-0.4, -0.2) is 0 Å². The number of hydrogen-bond acceptors (Lipinski definition) is 2. The normalized spacial score (nSPS) is 14.4. The van der Waals surface area contributed by atoms with Crippen LogP contribution in [0.5, 0.6) is 0 Å². The van der Waals surface area contributed by atoms with Crippen LogP contribution >= 0.6 is 0 Å². The van der Waals surface area contributed by atoms with Crippen molar-refractivity contribution in [3.05, 3.63) is 144 Å². The molecule has 5 aromatic carbocycles. The lowest BCUT2D eigenvalue weighted by Crippen LogP contribution is -2.45. The molecule has 0 amide bonds. The Morgan fingerprint density at radius 2 is 1.15 bits per heavy atom. The van der Waals surface area contributed by atoms with Gasteiger partial charge in [0.05, 0.1) is 5.54 Å². The van der Waals surface area contributed by atoms with Crippen molar-refractivity contribution < 1.29 is 0 Å². The van der Waals surface area contributed by atoms with E-state index in [1.54, 1.807) is 0 Å². The first-order valence-corrected chi connectivity index (χ1v) is 14.6. The molecule has 1 aliphatic carbocycles. The van der Waals surface area contributed by atoms with E-state index in [-0.39, 0.29) is 5.54 Å². The van der Waals surface area contributed by atoms with Crippen LogP contribution in [0.4, 0.5) is 22.7 Å². The van der Waals surface area contributed by atoms with E-state index in [0.717, 1.165) is 24.2 Å². The zero-order valence-electron chi connectivity index (χ0n) is 23.6. The average molecular weight is 523 g/mol. The summed E-state index contributed by atoms with van der Waals surface area (Å²) in [7, 11) is 0. The molecule has 0 heterocycles. The van der Waals surface area contributed by atoms with Crippen LogP contribution in [0.25, 0.3) is 11.1 Å². The first kappa shape index (κ1) is 26.0. The van der Waals surface area contributed by atoms with Gasteiger partial charge in [-0.25, -0.2) is 0 Å². The van der Waals surface area contributed by atoms with E-state index in [0.29, 0.717) is 0 Å². The molecule has 0 radical (unpaired) electrons. The summed E-state index contributed by atoms with van der Waals surface area (Å²) in [5, 5.41) is 3.55. The van der Waals surface area contributed by atoms with Gasteiger partial charge in [-0.2, -0.15) is 0 Å². The lowest BCUT2D eigenvalue weighted by molar-refractivity contribution is 0.298. The Kier molecular flexibility index (Phi) is 7.42. The predicted molar refractivity (Wildman–Crippen MR) is 171 cm³/mol. The minimum Gasteiger partial charge on any atom is -0.355 e. The summed E-state index contributed by atoms with van der Waals surface area (Å²) in [6.07, 6.45) is 6.12. The Hall–Kier alpha value is -4.30. The highest BCUT2D eigenvalue weighted by Gasteiger charge is 2.41. The van der Waals surface area contributed by atoms with Crippen molar-refractivity contribution in [1.29, 1.82) is 0 Å². The standard InChI is InChI=1S/C38H38N2/c1-29-27-31(21-23-36(29)39-34-17-9-4-10-18-34)32-22-24-37(30(2)28-32)40(35-19-11-5-12-20-35)38(25-13-6-14-26-38)33-15-7-3-8-16-33/h3-5,7-12,15-24,27-28,39H,6,13-14,25-26H2,1-2H3. The molecule has 1 N–H and O–H groups in total. The Bertz CT molecular complexity index is 1550. The average Bonchev–Trinajstić information content (AvgIpc) is 3.01. The number of hydrogen-bond donors (Lipinski definition) is 1. The topological polar surface area (TPSA) is 15.3 Å². The van der Waals surface area contributed by atoms with Gasteiger partial charge >= 0.3 is 0 Å². The van der Waals surface area contributed by atoms with Crippen LogP contribution in [0.1, 0.15) is 48.8 Å². The van der Waals surface area contributed by atoms with Crippen molar-refractivity contribution in [3.63, 3.8) is 0 Å². The van der Waals surface area contributed by atoms with Gasteiger partial charge in [-0.1, -0.05) is 98.1 Å². The second kappa shape index (κ2) is 11.4. The molecule has 0 aliphatic heterocycles. The van der Waals surface area contributed by atoms with Crippen molar-refractivity contribution in [2.45, 2.75) is 51.5 Å². The summed E-state index contributed by atoms with van der Waals surface area (Å²) in [5.41, 5.74) is 11.2. The molecule has 0 saturated heterocycles. The molecule has 2 nitrogen and oxygen atoms in total. The van der Waals surface area contributed by atoms with Gasteiger partial charge in [-0.05, 0) is 103 Å². The largest absolute Gasteiger partial charge is 0.355 e. The van der Waals surface area contributed by atoms with Crippen molar-refractivity contribution in [2.24, 2.45) is 0 Å². The number of nitrogens with one attached hydrogen (secondary N) is 1. The minimum atomic E-state index is -0.0610. The van der Waals surface area contributed by atoms with E-state index >= 15 is 0 Å². The van der Waals surface area contributed by atoms with Gasteiger partial charge in [-0.3, -0.25) is 0 Å². The fourth-order valence-corrected chi connectivity index (χ4v) is 6.47. The summed E-state index contributed by atoms with van der Waals surface area (Å²) >= 11 is 0. The summed E-state index contributed by atoms with van der Waals surface area (Å²) in [6.45, 7) is 4.45. The summed E-state index contributed by atoms with van der Waals surface area (Å²) < 4.78 is 0. The van der Waals surface area contributed by atoms with Crippen LogP contribution < -0.4 is 10.2 Å². The van der Waals surface area contributed by atoms with Gasteiger partial charge < -0.3 is 10.2 Å². The smallest absolute Gasteiger partial charge is 0.0702 e. The highest BCUT2D eigenvalue weighted by atomic mass is 15.2. The van der Waals surface area contributed by atoms with Gasteiger partial charge in [-0.15, -0.1) is 0 Å². The molecule has 1 fully saturated rings. The number of aryl methyl sites for hydroxylation is 2. The lowest BCUT2D eigenvalue weighted by atomic mass is 9.74. The maximum Gasteiger partial charge on any atom is 0.0702 e. The molecule has 1 aliphatic rings. The van der Waals surface area contributed by atoms with Crippen LogP contribution in [0, 0.1) is 13.8 Å². The lowest BCUT2D eigenvalue weighted by Gasteiger charge is -2.49. The van der Waals surface area contributed by atoms with Crippen LogP contribution in [0.3, 0.4) is 0 Å². The molecule has 6 rings (SSSR count). The summed E-state index contributed by atoms with van der Waals surface area (Å²) in [5.74, 6) is 0. The van der Waals surface area contributed by atoms with Crippen molar-refractivity contribution >= 4 is 22.7 Å². The third-order valence-electron chi connectivity index (χ3n) is 8.48. The molecule has 200 valence electrons. The number of anilines is 4. The molecule has 0 aromatic heterocycles. The van der Waals surface area contributed by atoms with E-state index in [1.807, 2.05) is 6.07 Å². The molecule has 0 unspecified atom stereocenters. The van der Waals surface area contributed by atoms with E-state index in [2.05, 4.69) is 145 Å². The van der Waals surface area contributed by atoms with E-state index < -0.39 is 0 Å². The third-order valence-corrected chi connectivity index (χ3v) is 8.48.